The van der Waals surface area contributed by atoms with Crippen molar-refractivity contribution in [1.82, 2.24) is 4.90 Å². The lowest BCUT2D eigenvalue weighted by Gasteiger charge is -2.28. The van der Waals surface area contributed by atoms with Crippen LogP contribution in [0.5, 0.6) is 0 Å². The van der Waals surface area contributed by atoms with E-state index in [-0.39, 0.29) is 18.7 Å². The van der Waals surface area contributed by atoms with Crippen molar-refractivity contribution in [2.24, 2.45) is 17.8 Å². The van der Waals surface area contributed by atoms with Crippen LogP contribution in [0.25, 0.3) is 0 Å². The van der Waals surface area contributed by atoms with Gasteiger partial charge in [-0.25, -0.2) is 8.78 Å². The number of aliphatic hydroxyl groups excluding tert-OH is 1. The van der Waals surface area contributed by atoms with Gasteiger partial charge < -0.3 is 5.11 Å². The van der Waals surface area contributed by atoms with Gasteiger partial charge >= 0.3 is 0 Å². The number of rotatable bonds is 2. The fourth-order valence-electron chi connectivity index (χ4n) is 3.92. The van der Waals surface area contributed by atoms with E-state index in [1.807, 2.05) is 4.90 Å². The Morgan fingerprint density at radius 2 is 2.07 bits per heavy atom. The molecule has 2 nitrogen and oxygen atoms in total. The molecule has 2 bridgehead atoms. The molecule has 3 aliphatic rings. The van der Waals surface area contributed by atoms with E-state index in [1.54, 1.807) is 0 Å². The quantitative estimate of drug-likeness (QED) is 0.722. The largest absolute Gasteiger partial charge is 0.391 e. The lowest BCUT2D eigenvalue weighted by molar-refractivity contribution is 0.0228. The van der Waals surface area contributed by atoms with Crippen molar-refractivity contribution in [2.45, 2.75) is 31.4 Å². The van der Waals surface area contributed by atoms with Gasteiger partial charge in [0, 0.05) is 12.6 Å². The molecule has 3 fully saturated rings. The third-order valence-electron chi connectivity index (χ3n) is 4.32. The number of fused-ring (bicyclic) bond motifs is 1. The van der Waals surface area contributed by atoms with Gasteiger partial charge in [-0.1, -0.05) is 0 Å². The fourth-order valence-corrected chi connectivity index (χ4v) is 3.92. The van der Waals surface area contributed by atoms with Crippen molar-refractivity contribution in [3.05, 3.63) is 0 Å². The monoisotopic (exact) mass is 203 g/mol. The molecule has 3 rings (SSSR count). The van der Waals surface area contributed by atoms with Gasteiger partial charge in [-0.2, -0.15) is 0 Å². The summed E-state index contributed by atoms with van der Waals surface area (Å²) in [6.45, 7) is 0.634. The third kappa shape index (κ3) is 1.07. The van der Waals surface area contributed by atoms with E-state index >= 15 is 0 Å². The average Bonchev–Trinajstić information content (AvgIpc) is 2.63. The second kappa shape index (κ2) is 2.89. The highest BCUT2D eigenvalue weighted by molar-refractivity contribution is 5.10. The first-order chi connectivity index (χ1) is 6.66. The topological polar surface area (TPSA) is 23.5 Å². The van der Waals surface area contributed by atoms with Crippen LogP contribution in [0.2, 0.25) is 0 Å². The Hall–Kier alpha value is -0.220. The summed E-state index contributed by atoms with van der Waals surface area (Å²) in [7, 11) is 0. The van der Waals surface area contributed by atoms with E-state index in [4.69, 9.17) is 0 Å². The highest BCUT2D eigenvalue weighted by atomic mass is 19.3. The molecule has 0 aromatic carbocycles. The number of likely N-dealkylation sites (tertiary alicyclic amines) is 1. The molecular weight excluding hydrogens is 188 g/mol. The van der Waals surface area contributed by atoms with Gasteiger partial charge in [0.2, 0.25) is 0 Å². The second-order valence-corrected chi connectivity index (χ2v) is 4.98. The molecule has 2 aliphatic carbocycles. The highest BCUT2D eigenvalue weighted by Crippen LogP contribution is 2.54. The predicted octanol–water partition coefficient (Wildman–Crippen LogP) is 0.953. The first-order valence-corrected chi connectivity index (χ1v) is 5.37. The molecule has 5 unspecified atom stereocenters. The molecule has 0 amide bonds. The van der Waals surface area contributed by atoms with Crippen LogP contribution in [0.15, 0.2) is 0 Å². The van der Waals surface area contributed by atoms with Gasteiger partial charge in [0.15, 0.2) is 0 Å². The van der Waals surface area contributed by atoms with Crippen LogP contribution in [0.1, 0.15) is 12.8 Å². The zero-order valence-corrected chi connectivity index (χ0v) is 7.94. The lowest BCUT2D eigenvalue weighted by atomic mass is 9.88. The van der Waals surface area contributed by atoms with Crippen molar-refractivity contribution < 1.29 is 13.9 Å². The third-order valence-corrected chi connectivity index (χ3v) is 4.32. The van der Waals surface area contributed by atoms with Crippen LogP contribution in [0, 0.1) is 17.8 Å². The van der Waals surface area contributed by atoms with Crippen LogP contribution in [0.3, 0.4) is 0 Å². The zero-order chi connectivity index (χ0) is 9.87. The molecule has 0 aromatic rings. The Kier molecular flexibility index (Phi) is 1.86. The Bertz CT molecular complexity index is 246. The van der Waals surface area contributed by atoms with Crippen LogP contribution < -0.4 is 0 Å². The summed E-state index contributed by atoms with van der Waals surface area (Å²) in [6.07, 6.45) is -0.477. The zero-order valence-electron chi connectivity index (χ0n) is 7.94. The van der Waals surface area contributed by atoms with Crippen molar-refractivity contribution in [3.8, 4) is 0 Å². The Morgan fingerprint density at radius 3 is 2.71 bits per heavy atom. The number of halogens is 2. The van der Waals surface area contributed by atoms with Crippen molar-refractivity contribution in [3.63, 3.8) is 0 Å². The minimum Gasteiger partial charge on any atom is -0.391 e. The molecule has 1 heterocycles. The summed E-state index contributed by atoms with van der Waals surface area (Å²) in [5.74, 6) is 1.50. The SMILES string of the molecule is OC1C2CC3CN(CC(F)F)C1C3C2. The minimum atomic E-state index is -2.27. The average molecular weight is 203 g/mol. The van der Waals surface area contributed by atoms with E-state index in [1.165, 1.54) is 0 Å². The summed E-state index contributed by atoms with van der Waals surface area (Å²) in [6, 6.07) is 0.0488. The number of nitrogens with zero attached hydrogens (tertiary/aromatic N) is 1. The molecule has 5 atom stereocenters. The Balaban J connectivity index is 1.78. The van der Waals surface area contributed by atoms with Crippen LogP contribution >= 0.6 is 0 Å². The number of alkyl halides is 2. The number of aliphatic hydroxyl groups is 1. The van der Waals surface area contributed by atoms with Gasteiger partial charge in [0.1, 0.15) is 0 Å². The summed E-state index contributed by atoms with van der Waals surface area (Å²) < 4.78 is 24.6. The maximum atomic E-state index is 12.3. The lowest BCUT2D eigenvalue weighted by Crippen LogP contribution is -2.42. The molecular formula is C10H15F2NO. The van der Waals surface area contributed by atoms with E-state index in [9.17, 15) is 13.9 Å². The molecule has 1 aliphatic heterocycles. The minimum absolute atomic E-state index is 0.0488. The van der Waals surface area contributed by atoms with Crippen LogP contribution in [-0.4, -0.2) is 41.7 Å². The van der Waals surface area contributed by atoms with E-state index in [2.05, 4.69) is 0 Å². The molecule has 80 valence electrons. The normalized spacial score (nSPS) is 51.0. The molecule has 2 saturated carbocycles. The molecule has 0 aromatic heterocycles. The van der Waals surface area contributed by atoms with E-state index in [0.29, 0.717) is 17.8 Å². The maximum absolute atomic E-state index is 12.3. The summed E-state index contributed by atoms with van der Waals surface area (Å²) in [5, 5.41) is 9.90. The van der Waals surface area contributed by atoms with Gasteiger partial charge in [-0.05, 0) is 30.6 Å². The van der Waals surface area contributed by atoms with Gasteiger partial charge in [0.05, 0.1) is 12.6 Å². The fraction of sp³-hybridized carbons (Fsp3) is 1.00. The molecule has 0 radical (unpaired) electrons. The summed E-state index contributed by atoms with van der Waals surface area (Å²) in [5.41, 5.74) is 0. The van der Waals surface area contributed by atoms with E-state index < -0.39 is 6.43 Å². The molecule has 14 heavy (non-hydrogen) atoms. The van der Waals surface area contributed by atoms with Crippen LogP contribution in [0.4, 0.5) is 8.78 Å². The standard InChI is InChI=1S/C10H15F2NO/c11-8(12)4-13-3-6-1-5-2-7(6)9(13)10(5)14/h5-10,14H,1-4H2. The number of hydrogen-bond acceptors (Lipinski definition) is 2. The second-order valence-electron chi connectivity index (χ2n) is 4.98. The van der Waals surface area contributed by atoms with Crippen LogP contribution in [-0.2, 0) is 0 Å². The number of hydrogen-bond donors (Lipinski definition) is 1. The first kappa shape index (κ1) is 9.04. The van der Waals surface area contributed by atoms with Gasteiger partial charge in [0.25, 0.3) is 6.43 Å². The maximum Gasteiger partial charge on any atom is 0.251 e. The summed E-state index contributed by atoms with van der Waals surface area (Å²) in [4.78, 5) is 1.82. The molecule has 4 heteroatoms. The van der Waals surface area contributed by atoms with Gasteiger partial charge in [-0.15, -0.1) is 0 Å². The Labute approximate surface area is 81.9 Å². The van der Waals surface area contributed by atoms with Gasteiger partial charge in [-0.3, -0.25) is 4.90 Å². The van der Waals surface area contributed by atoms with Crippen molar-refractivity contribution in [1.29, 1.82) is 0 Å². The molecule has 1 N–H and O–H groups in total. The Morgan fingerprint density at radius 1 is 1.29 bits per heavy atom. The summed E-state index contributed by atoms with van der Waals surface area (Å²) >= 11 is 0. The van der Waals surface area contributed by atoms with E-state index in [0.717, 1.165) is 19.4 Å². The predicted molar refractivity (Wildman–Crippen MR) is 47.1 cm³/mol. The molecule has 1 saturated heterocycles. The van der Waals surface area contributed by atoms with Crippen molar-refractivity contribution >= 4 is 0 Å². The molecule has 0 spiro atoms. The smallest absolute Gasteiger partial charge is 0.251 e. The van der Waals surface area contributed by atoms with Crippen molar-refractivity contribution in [2.75, 3.05) is 13.1 Å². The highest BCUT2D eigenvalue weighted by Gasteiger charge is 2.58. The first-order valence-electron chi connectivity index (χ1n) is 5.37.